The first kappa shape index (κ1) is 15.2. The molecule has 1 heterocycles. The zero-order valence-electron chi connectivity index (χ0n) is 11.7. The van der Waals surface area contributed by atoms with Gasteiger partial charge in [0.15, 0.2) is 0 Å². The van der Waals surface area contributed by atoms with Crippen LogP contribution in [0.3, 0.4) is 0 Å². The Hall–Kier alpha value is -2.24. The monoisotopic (exact) mass is 293 g/mol. The summed E-state index contributed by atoms with van der Waals surface area (Å²) in [7, 11) is 0. The van der Waals surface area contributed by atoms with E-state index in [-0.39, 0.29) is 0 Å². The molecule has 0 bridgehead atoms. The summed E-state index contributed by atoms with van der Waals surface area (Å²) in [5, 5.41) is 5.98. The van der Waals surface area contributed by atoms with E-state index in [1.165, 1.54) is 0 Å². The van der Waals surface area contributed by atoms with E-state index >= 15 is 0 Å². The van der Waals surface area contributed by atoms with Crippen molar-refractivity contribution in [1.82, 2.24) is 10.3 Å². The molecule has 112 valence electrons. The number of anilines is 1. The number of alkyl halides is 2. The van der Waals surface area contributed by atoms with Gasteiger partial charge in [0.25, 0.3) is 12.3 Å². The average molecular weight is 293 g/mol. The molecule has 0 fully saturated rings. The van der Waals surface area contributed by atoms with Crippen LogP contribution in [0.2, 0.25) is 0 Å². The number of carbonyl (C=O) groups excluding carboxylic acids is 1. The Morgan fingerprint density at radius 3 is 2.81 bits per heavy atom. The van der Waals surface area contributed by atoms with E-state index in [2.05, 4.69) is 15.6 Å². The minimum atomic E-state index is -2.57. The lowest BCUT2D eigenvalue weighted by atomic mass is 10.1. The third-order valence-electron chi connectivity index (χ3n) is 2.93. The van der Waals surface area contributed by atoms with Crippen LogP contribution in [0, 0.1) is 0 Å². The fourth-order valence-electron chi connectivity index (χ4n) is 1.97. The number of nitrogens with zero attached hydrogens (tertiary/aromatic N) is 1. The van der Waals surface area contributed by atoms with Crippen molar-refractivity contribution < 1.29 is 13.6 Å². The third kappa shape index (κ3) is 3.87. The molecule has 0 saturated heterocycles. The quantitative estimate of drug-likeness (QED) is 0.860. The second-order valence-corrected chi connectivity index (χ2v) is 4.60. The van der Waals surface area contributed by atoms with Gasteiger partial charge in [-0.2, -0.15) is 0 Å². The van der Waals surface area contributed by atoms with Crippen molar-refractivity contribution in [3.05, 3.63) is 35.9 Å². The molecule has 1 amide bonds. The molecule has 0 aliphatic rings. The summed E-state index contributed by atoms with van der Waals surface area (Å²) in [5.74, 6) is 0.0474. The Morgan fingerprint density at radius 2 is 2.10 bits per heavy atom. The largest absolute Gasteiger partial charge is 0.370 e. The van der Waals surface area contributed by atoms with Crippen LogP contribution in [-0.2, 0) is 0 Å². The summed E-state index contributed by atoms with van der Waals surface area (Å²) in [6.07, 6.45) is -1.65. The van der Waals surface area contributed by atoms with Gasteiger partial charge < -0.3 is 10.6 Å². The molecule has 2 aromatic rings. The van der Waals surface area contributed by atoms with Crippen LogP contribution in [0.25, 0.3) is 10.9 Å². The second-order valence-electron chi connectivity index (χ2n) is 4.60. The van der Waals surface area contributed by atoms with E-state index in [9.17, 15) is 13.6 Å². The number of hydrogen-bond donors (Lipinski definition) is 2. The number of nitrogens with one attached hydrogen (secondary N) is 2. The van der Waals surface area contributed by atoms with Crippen LogP contribution < -0.4 is 10.6 Å². The van der Waals surface area contributed by atoms with E-state index in [0.29, 0.717) is 22.3 Å². The minimum Gasteiger partial charge on any atom is -0.370 e. The predicted octanol–water partition coefficient (Wildman–Crippen LogP) is 3.05. The van der Waals surface area contributed by atoms with Crippen molar-refractivity contribution >= 4 is 22.6 Å². The molecule has 1 aromatic heterocycles. The Morgan fingerprint density at radius 1 is 1.33 bits per heavy atom. The van der Waals surface area contributed by atoms with E-state index < -0.39 is 18.9 Å². The van der Waals surface area contributed by atoms with Gasteiger partial charge in [-0.25, -0.2) is 13.8 Å². The molecule has 21 heavy (non-hydrogen) atoms. The van der Waals surface area contributed by atoms with Gasteiger partial charge in [0.05, 0.1) is 17.6 Å². The number of para-hydroxylation sites is 1. The highest BCUT2D eigenvalue weighted by molar-refractivity contribution is 6.06. The molecule has 0 saturated carbocycles. The van der Waals surface area contributed by atoms with Crippen LogP contribution in [0.5, 0.6) is 0 Å². The highest BCUT2D eigenvalue weighted by atomic mass is 19.3. The van der Waals surface area contributed by atoms with Gasteiger partial charge in [-0.3, -0.25) is 4.79 Å². The van der Waals surface area contributed by atoms with Crippen molar-refractivity contribution in [2.45, 2.75) is 19.8 Å². The Bertz CT molecular complexity index is 631. The number of hydrogen-bond acceptors (Lipinski definition) is 3. The average Bonchev–Trinajstić information content (AvgIpc) is 2.49. The van der Waals surface area contributed by atoms with Crippen molar-refractivity contribution in [1.29, 1.82) is 0 Å². The van der Waals surface area contributed by atoms with Gasteiger partial charge >= 0.3 is 0 Å². The SMILES string of the molecule is CCCNc1cc(C(=O)NCC(F)F)c2ccccc2n1. The molecule has 2 rings (SSSR count). The van der Waals surface area contributed by atoms with Gasteiger partial charge in [-0.05, 0) is 18.6 Å². The lowest BCUT2D eigenvalue weighted by Gasteiger charge is -2.11. The molecular weight excluding hydrogens is 276 g/mol. The van der Waals surface area contributed by atoms with Crippen LogP contribution in [-0.4, -0.2) is 30.4 Å². The summed E-state index contributed by atoms with van der Waals surface area (Å²) in [6, 6.07) is 8.74. The van der Waals surface area contributed by atoms with Gasteiger partial charge in [0.1, 0.15) is 5.82 Å². The summed E-state index contributed by atoms with van der Waals surface area (Å²) >= 11 is 0. The van der Waals surface area contributed by atoms with Crippen molar-refractivity contribution in [3.63, 3.8) is 0 Å². The number of amides is 1. The van der Waals surface area contributed by atoms with Gasteiger partial charge in [-0.1, -0.05) is 25.1 Å². The third-order valence-corrected chi connectivity index (χ3v) is 2.93. The maximum absolute atomic E-state index is 12.2. The Kier molecular flexibility index (Phi) is 5.03. The number of pyridine rings is 1. The number of halogens is 2. The molecule has 0 atom stereocenters. The zero-order chi connectivity index (χ0) is 15.2. The van der Waals surface area contributed by atoms with E-state index in [0.717, 1.165) is 13.0 Å². The van der Waals surface area contributed by atoms with E-state index in [1.807, 2.05) is 13.0 Å². The maximum Gasteiger partial charge on any atom is 0.255 e. The second kappa shape index (κ2) is 6.97. The van der Waals surface area contributed by atoms with Crippen LogP contribution in [0.15, 0.2) is 30.3 Å². The first-order chi connectivity index (χ1) is 10.1. The van der Waals surface area contributed by atoms with Gasteiger partial charge in [0.2, 0.25) is 0 Å². The normalized spacial score (nSPS) is 10.9. The van der Waals surface area contributed by atoms with E-state index in [1.54, 1.807) is 24.3 Å². The molecule has 6 heteroatoms. The topological polar surface area (TPSA) is 54.0 Å². The van der Waals surface area contributed by atoms with Crippen LogP contribution in [0.4, 0.5) is 14.6 Å². The molecule has 1 aromatic carbocycles. The molecular formula is C15H17F2N3O. The highest BCUT2D eigenvalue weighted by Crippen LogP contribution is 2.20. The molecule has 0 aliphatic carbocycles. The lowest BCUT2D eigenvalue weighted by Crippen LogP contribution is -2.28. The first-order valence-corrected chi connectivity index (χ1v) is 6.81. The number of benzene rings is 1. The van der Waals surface area contributed by atoms with Gasteiger partial charge in [-0.15, -0.1) is 0 Å². The summed E-state index contributed by atoms with van der Waals surface area (Å²) in [6.45, 7) is 2.08. The molecule has 0 spiro atoms. The van der Waals surface area contributed by atoms with Crippen LogP contribution in [0.1, 0.15) is 23.7 Å². The molecule has 0 aliphatic heterocycles. The Balaban J connectivity index is 2.36. The summed E-state index contributed by atoms with van der Waals surface area (Å²) < 4.78 is 24.5. The number of rotatable bonds is 6. The standard InChI is InChI=1S/C15H17F2N3O/c1-2-7-18-14-8-11(15(21)19-9-13(16)17)10-5-3-4-6-12(10)20-14/h3-6,8,13H,2,7,9H2,1H3,(H,18,20)(H,19,21). The zero-order valence-corrected chi connectivity index (χ0v) is 11.7. The number of carbonyl (C=O) groups is 1. The van der Waals surface area contributed by atoms with Crippen LogP contribution >= 0.6 is 0 Å². The number of aromatic nitrogens is 1. The van der Waals surface area contributed by atoms with Crippen molar-refractivity contribution in [2.24, 2.45) is 0 Å². The molecule has 2 N–H and O–H groups in total. The maximum atomic E-state index is 12.2. The first-order valence-electron chi connectivity index (χ1n) is 6.81. The highest BCUT2D eigenvalue weighted by Gasteiger charge is 2.14. The number of fused-ring (bicyclic) bond motifs is 1. The smallest absolute Gasteiger partial charge is 0.255 e. The fraction of sp³-hybridized carbons (Fsp3) is 0.333. The molecule has 4 nitrogen and oxygen atoms in total. The van der Waals surface area contributed by atoms with Gasteiger partial charge in [0, 0.05) is 11.9 Å². The molecule has 0 unspecified atom stereocenters. The minimum absolute atomic E-state index is 0.347. The predicted molar refractivity (Wildman–Crippen MR) is 78.9 cm³/mol. The Labute approximate surface area is 121 Å². The van der Waals surface area contributed by atoms with Crippen molar-refractivity contribution in [3.8, 4) is 0 Å². The lowest BCUT2D eigenvalue weighted by molar-refractivity contribution is 0.0893. The van der Waals surface area contributed by atoms with E-state index in [4.69, 9.17) is 0 Å². The van der Waals surface area contributed by atoms with Crippen molar-refractivity contribution in [2.75, 3.05) is 18.4 Å². The molecule has 0 radical (unpaired) electrons. The summed E-state index contributed by atoms with van der Waals surface area (Å²) in [4.78, 5) is 16.5. The fourth-order valence-corrected chi connectivity index (χ4v) is 1.97. The summed E-state index contributed by atoms with van der Waals surface area (Å²) in [5.41, 5.74) is 1.00.